The second-order valence-corrected chi connectivity index (χ2v) is 4.41. The molecular weight excluding hydrogens is 178 g/mol. The van der Waals surface area contributed by atoms with Crippen LogP contribution in [0.2, 0.25) is 0 Å². The van der Waals surface area contributed by atoms with Crippen LogP contribution in [-0.2, 0) is 4.79 Å². The Bertz CT molecular complexity index is 167. The molecule has 2 N–H and O–H groups in total. The summed E-state index contributed by atoms with van der Waals surface area (Å²) in [6.45, 7) is 8.85. The van der Waals surface area contributed by atoms with Gasteiger partial charge in [0.1, 0.15) is 0 Å². The van der Waals surface area contributed by atoms with Crippen LogP contribution >= 0.6 is 0 Å². The minimum atomic E-state index is -0.386. The maximum atomic E-state index is 11.3. The molecule has 0 bridgehead atoms. The number of aliphatic hydroxyl groups is 1. The maximum absolute atomic E-state index is 11.3. The molecule has 84 valence electrons. The monoisotopic (exact) mass is 201 g/mol. The van der Waals surface area contributed by atoms with Gasteiger partial charge < -0.3 is 10.4 Å². The van der Waals surface area contributed by atoms with E-state index in [-0.39, 0.29) is 12.0 Å². The quantitative estimate of drug-likeness (QED) is 0.685. The number of amides is 1. The molecule has 0 aromatic heterocycles. The van der Waals surface area contributed by atoms with E-state index in [2.05, 4.69) is 26.1 Å². The van der Waals surface area contributed by atoms with Crippen LogP contribution in [0.5, 0.6) is 0 Å². The summed E-state index contributed by atoms with van der Waals surface area (Å²) in [7, 11) is 0. The Morgan fingerprint density at radius 1 is 1.29 bits per heavy atom. The number of carbonyl (C=O) groups excluding carboxylic acids is 1. The van der Waals surface area contributed by atoms with Gasteiger partial charge in [0.25, 0.3) is 0 Å². The van der Waals surface area contributed by atoms with E-state index in [1.165, 1.54) is 0 Å². The minimum Gasteiger partial charge on any atom is -0.393 e. The van der Waals surface area contributed by atoms with Gasteiger partial charge >= 0.3 is 0 Å². The molecule has 0 saturated carbocycles. The summed E-state index contributed by atoms with van der Waals surface area (Å²) in [6.07, 6.45) is 0.577. The van der Waals surface area contributed by atoms with Crippen molar-refractivity contribution in [2.24, 2.45) is 11.8 Å². The van der Waals surface area contributed by atoms with Crippen LogP contribution in [-0.4, -0.2) is 23.7 Å². The van der Waals surface area contributed by atoms with E-state index in [1.807, 2.05) is 0 Å². The van der Waals surface area contributed by atoms with E-state index in [0.29, 0.717) is 24.7 Å². The third kappa shape index (κ3) is 6.89. The molecule has 0 aliphatic rings. The van der Waals surface area contributed by atoms with Gasteiger partial charge in [-0.1, -0.05) is 20.8 Å². The van der Waals surface area contributed by atoms with Gasteiger partial charge in [-0.25, -0.2) is 0 Å². The Labute approximate surface area is 86.9 Å². The first kappa shape index (κ1) is 13.4. The van der Waals surface area contributed by atoms with Crippen molar-refractivity contribution in [3.63, 3.8) is 0 Å². The van der Waals surface area contributed by atoms with Crippen LogP contribution in [0, 0.1) is 11.8 Å². The van der Waals surface area contributed by atoms with Crippen molar-refractivity contribution in [2.75, 3.05) is 6.54 Å². The average Bonchev–Trinajstić information content (AvgIpc) is 2.10. The topological polar surface area (TPSA) is 49.3 Å². The summed E-state index contributed by atoms with van der Waals surface area (Å²) in [4.78, 5) is 11.3. The Morgan fingerprint density at radius 3 is 2.29 bits per heavy atom. The first-order valence-electron chi connectivity index (χ1n) is 5.38. The fourth-order valence-corrected chi connectivity index (χ4v) is 0.939. The first-order valence-corrected chi connectivity index (χ1v) is 5.38. The molecule has 1 amide bonds. The second kappa shape index (κ2) is 6.82. The van der Waals surface area contributed by atoms with Crippen LogP contribution in [0.4, 0.5) is 0 Å². The molecule has 14 heavy (non-hydrogen) atoms. The zero-order valence-corrected chi connectivity index (χ0v) is 9.71. The highest BCUT2D eigenvalue weighted by atomic mass is 16.3. The first-order chi connectivity index (χ1) is 6.43. The molecule has 0 fully saturated rings. The predicted molar refractivity (Wildman–Crippen MR) is 57.9 cm³/mol. The van der Waals surface area contributed by atoms with Gasteiger partial charge in [-0.2, -0.15) is 0 Å². The average molecular weight is 201 g/mol. The van der Waals surface area contributed by atoms with Gasteiger partial charge in [0.15, 0.2) is 0 Å². The summed E-state index contributed by atoms with van der Waals surface area (Å²) in [6, 6.07) is 0. The molecule has 0 aromatic rings. The van der Waals surface area contributed by atoms with Crippen LogP contribution in [0.3, 0.4) is 0 Å². The van der Waals surface area contributed by atoms with Crippen molar-refractivity contribution >= 4 is 5.91 Å². The number of hydrogen-bond acceptors (Lipinski definition) is 2. The van der Waals surface area contributed by atoms with E-state index in [4.69, 9.17) is 5.11 Å². The second-order valence-electron chi connectivity index (χ2n) is 4.41. The number of hydrogen-bond donors (Lipinski definition) is 2. The molecule has 0 aromatic carbocycles. The van der Waals surface area contributed by atoms with E-state index in [0.717, 1.165) is 6.54 Å². The van der Waals surface area contributed by atoms with Gasteiger partial charge in [0.2, 0.25) is 5.91 Å². The molecule has 0 radical (unpaired) electrons. The molecule has 2 atom stereocenters. The summed E-state index contributed by atoms with van der Waals surface area (Å²) < 4.78 is 0. The summed E-state index contributed by atoms with van der Waals surface area (Å²) >= 11 is 0. The van der Waals surface area contributed by atoms with Gasteiger partial charge in [-0.05, 0) is 25.2 Å². The highest BCUT2D eigenvalue weighted by molar-refractivity contribution is 5.75. The summed E-state index contributed by atoms with van der Waals surface area (Å²) in [5.41, 5.74) is 0. The fourth-order valence-electron chi connectivity index (χ4n) is 0.939. The molecule has 3 heteroatoms. The Hall–Kier alpha value is -0.570. The van der Waals surface area contributed by atoms with Gasteiger partial charge in [0, 0.05) is 13.0 Å². The van der Waals surface area contributed by atoms with Crippen molar-refractivity contribution in [2.45, 2.75) is 46.6 Å². The smallest absolute Gasteiger partial charge is 0.220 e. The zero-order valence-electron chi connectivity index (χ0n) is 9.71. The summed E-state index contributed by atoms with van der Waals surface area (Å²) in [5.74, 6) is 1.14. The molecule has 0 aliphatic carbocycles. The highest BCUT2D eigenvalue weighted by Crippen LogP contribution is 2.07. The predicted octanol–water partition coefficient (Wildman–Crippen LogP) is 1.56. The number of aliphatic hydroxyl groups excluding tert-OH is 1. The Morgan fingerprint density at radius 2 is 1.86 bits per heavy atom. The third-order valence-electron chi connectivity index (χ3n) is 2.55. The molecule has 0 rings (SSSR count). The summed E-state index contributed by atoms with van der Waals surface area (Å²) in [5, 5.41) is 11.9. The number of nitrogens with one attached hydrogen (secondary N) is 1. The van der Waals surface area contributed by atoms with E-state index < -0.39 is 0 Å². The van der Waals surface area contributed by atoms with Crippen LogP contribution in [0.1, 0.15) is 40.5 Å². The fraction of sp³-hybridized carbons (Fsp3) is 0.909. The van der Waals surface area contributed by atoms with Crippen LogP contribution < -0.4 is 5.32 Å². The number of rotatable bonds is 6. The maximum Gasteiger partial charge on any atom is 0.220 e. The lowest BCUT2D eigenvalue weighted by Gasteiger charge is -2.16. The standard InChI is InChI=1S/C11H23NO2/c1-8(2)9(3)7-12-11(14)6-5-10(4)13/h8-10,13H,5-7H2,1-4H3,(H,12,14). The largest absolute Gasteiger partial charge is 0.393 e. The van der Waals surface area contributed by atoms with Crippen LogP contribution in [0.25, 0.3) is 0 Å². The van der Waals surface area contributed by atoms with E-state index in [9.17, 15) is 4.79 Å². The number of carbonyl (C=O) groups is 1. The van der Waals surface area contributed by atoms with Crippen molar-refractivity contribution in [3.05, 3.63) is 0 Å². The minimum absolute atomic E-state index is 0.0402. The Kier molecular flexibility index (Phi) is 6.54. The molecular formula is C11H23NO2. The van der Waals surface area contributed by atoms with Crippen molar-refractivity contribution in [1.82, 2.24) is 5.32 Å². The Balaban J connectivity index is 3.54. The highest BCUT2D eigenvalue weighted by Gasteiger charge is 2.09. The zero-order chi connectivity index (χ0) is 11.1. The van der Waals surface area contributed by atoms with Gasteiger partial charge in [-0.15, -0.1) is 0 Å². The van der Waals surface area contributed by atoms with Crippen LogP contribution in [0.15, 0.2) is 0 Å². The van der Waals surface area contributed by atoms with Crippen molar-refractivity contribution < 1.29 is 9.90 Å². The molecule has 3 nitrogen and oxygen atoms in total. The molecule has 0 spiro atoms. The molecule has 0 saturated heterocycles. The normalized spacial score (nSPS) is 15.3. The molecule has 2 unspecified atom stereocenters. The molecule has 0 heterocycles. The third-order valence-corrected chi connectivity index (χ3v) is 2.55. The van der Waals surface area contributed by atoms with Crippen molar-refractivity contribution in [3.8, 4) is 0 Å². The van der Waals surface area contributed by atoms with E-state index in [1.54, 1.807) is 6.92 Å². The van der Waals surface area contributed by atoms with E-state index >= 15 is 0 Å². The lowest BCUT2D eigenvalue weighted by Crippen LogP contribution is -2.30. The van der Waals surface area contributed by atoms with Crippen molar-refractivity contribution in [1.29, 1.82) is 0 Å². The van der Waals surface area contributed by atoms with Gasteiger partial charge in [0.05, 0.1) is 6.10 Å². The SMILES string of the molecule is CC(O)CCC(=O)NCC(C)C(C)C. The molecule has 0 aliphatic heterocycles. The van der Waals surface area contributed by atoms with Gasteiger partial charge in [-0.3, -0.25) is 4.79 Å². The lowest BCUT2D eigenvalue weighted by atomic mass is 9.98. The lowest BCUT2D eigenvalue weighted by molar-refractivity contribution is -0.121.